The summed E-state index contributed by atoms with van der Waals surface area (Å²) in [5.74, 6) is -0.365. The molecule has 0 bridgehead atoms. The summed E-state index contributed by atoms with van der Waals surface area (Å²) in [7, 11) is 0. The molecule has 0 unspecified atom stereocenters. The van der Waals surface area contributed by atoms with Crippen molar-refractivity contribution in [1.29, 1.82) is 0 Å². The number of carbonyl (C=O) groups is 2. The number of ether oxygens (including phenoxy) is 1. The van der Waals surface area contributed by atoms with Gasteiger partial charge >= 0.3 is 5.97 Å². The standard InChI is InChI=1S/C10H12O3S/c1-4-13-10(12)9-6(2)5-8(14-9)7(3)11/h5H,4H2,1-3H3. The van der Waals surface area contributed by atoms with Crippen LogP contribution >= 0.6 is 11.3 Å². The molecule has 0 aromatic carbocycles. The molecule has 0 atom stereocenters. The Kier molecular flexibility index (Phi) is 3.41. The quantitative estimate of drug-likeness (QED) is 0.571. The van der Waals surface area contributed by atoms with Gasteiger partial charge in [0.2, 0.25) is 0 Å². The molecular formula is C10H12O3S. The van der Waals surface area contributed by atoms with Crippen molar-refractivity contribution in [3.63, 3.8) is 0 Å². The van der Waals surface area contributed by atoms with Gasteiger partial charge in [0.15, 0.2) is 5.78 Å². The van der Waals surface area contributed by atoms with Crippen LogP contribution in [0.3, 0.4) is 0 Å². The van der Waals surface area contributed by atoms with Gasteiger partial charge in [-0.3, -0.25) is 4.79 Å². The molecule has 1 heterocycles. The van der Waals surface area contributed by atoms with E-state index in [0.717, 1.165) is 5.56 Å². The Bertz CT molecular complexity index is 365. The maximum absolute atomic E-state index is 11.4. The molecule has 0 aliphatic heterocycles. The molecule has 4 heteroatoms. The first-order chi connectivity index (χ1) is 6.56. The number of hydrogen-bond acceptors (Lipinski definition) is 4. The van der Waals surface area contributed by atoms with E-state index in [1.54, 1.807) is 19.9 Å². The summed E-state index contributed by atoms with van der Waals surface area (Å²) >= 11 is 1.19. The Morgan fingerprint density at radius 1 is 1.50 bits per heavy atom. The monoisotopic (exact) mass is 212 g/mol. The first kappa shape index (κ1) is 10.9. The largest absolute Gasteiger partial charge is 0.462 e. The second-order valence-electron chi connectivity index (χ2n) is 2.90. The van der Waals surface area contributed by atoms with Gasteiger partial charge < -0.3 is 4.74 Å². The van der Waals surface area contributed by atoms with Crippen LogP contribution in [0.4, 0.5) is 0 Å². The van der Waals surface area contributed by atoms with Crippen LogP contribution in [0.1, 0.15) is 38.8 Å². The summed E-state index contributed by atoms with van der Waals surface area (Å²) in [5, 5.41) is 0. The van der Waals surface area contributed by atoms with Crippen molar-refractivity contribution in [1.82, 2.24) is 0 Å². The number of thiophene rings is 1. The van der Waals surface area contributed by atoms with Crippen molar-refractivity contribution in [2.45, 2.75) is 20.8 Å². The van der Waals surface area contributed by atoms with Crippen LogP contribution in [0.25, 0.3) is 0 Å². The first-order valence-electron chi connectivity index (χ1n) is 4.34. The number of Topliss-reactive ketones (excluding diaryl/α,β-unsaturated/α-hetero) is 1. The molecule has 1 rings (SSSR count). The molecule has 1 aromatic rings. The fraction of sp³-hybridized carbons (Fsp3) is 0.400. The second kappa shape index (κ2) is 4.37. The van der Waals surface area contributed by atoms with E-state index in [4.69, 9.17) is 4.74 Å². The van der Waals surface area contributed by atoms with Gasteiger partial charge in [-0.05, 0) is 32.4 Å². The van der Waals surface area contributed by atoms with E-state index in [2.05, 4.69) is 0 Å². The van der Waals surface area contributed by atoms with Crippen molar-refractivity contribution in [2.75, 3.05) is 6.61 Å². The maximum atomic E-state index is 11.4. The molecule has 0 amide bonds. The van der Waals surface area contributed by atoms with Gasteiger partial charge in [-0.2, -0.15) is 0 Å². The molecule has 0 radical (unpaired) electrons. The molecular weight excluding hydrogens is 200 g/mol. The fourth-order valence-electron chi connectivity index (χ4n) is 1.05. The maximum Gasteiger partial charge on any atom is 0.348 e. The Hall–Kier alpha value is -1.16. The lowest BCUT2D eigenvalue weighted by molar-refractivity contribution is 0.0531. The zero-order valence-corrected chi connectivity index (χ0v) is 9.23. The van der Waals surface area contributed by atoms with Crippen LogP contribution in [0.15, 0.2) is 6.07 Å². The van der Waals surface area contributed by atoms with Gasteiger partial charge in [0.25, 0.3) is 0 Å². The van der Waals surface area contributed by atoms with Crippen LogP contribution in [-0.4, -0.2) is 18.4 Å². The van der Waals surface area contributed by atoms with Gasteiger partial charge in [-0.25, -0.2) is 4.79 Å². The molecule has 76 valence electrons. The first-order valence-corrected chi connectivity index (χ1v) is 5.16. The fourth-order valence-corrected chi connectivity index (χ4v) is 2.02. The number of ketones is 1. The number of hydrogen-bond donors (Lipinski definition) is 0. The van der Waals surface area contributed by atoms with E-state index in [1.165, 1.54) is 18.3 Å². The lowest BCUT2D eigenvalue weighted by atomic mass is 10.2. The highest BCUT2D eigenvalue weighted by Crippen LogP contribution is 2.23. The normalized spacial score (nSPS) is 9.93. The minimum Gasteiger partial charge on any atom is -0.462 e. The van der Waals surface area contributed by atoms with Gasteiger partial charge in [0, 0.05) is 0 Å². The highest BCUT2D eigenvalue weighted by atomic mass is 32.1. The summed E-state index contributed by atoms with van der Waals surface area (Å²) in [6.07, 6.45) is 0. The van der Waals surface area contributed by atoms with Crippen LogP contribution < -0.4 is 0 Å². The van der Waals surface area contributed by atoms with E-state index in [-0.39, 0.29) is 11.8 Å². The van der Waals surface area contributed by atoms with Crippen molar-refractivity contribution in [3.8, 4) is 0 Å². The molecule has 0 spiro atoms. The SMILES string of the molecule is CCOC(=O)c1sc(C(C)=O)cc1C. The van der Waals surface area contributed by atoms with Crippen LogP contribution in [0.2, 0.25) is 0 Å². The van der Waals surface area contributed by atoms with E-state index < -0.39 is 0 Å². The predicted octanol–water partition coefficient (Wildman–Crippen LogP) is 2.44. The highest BCUT2D eigenvalue weighted by molar-refractivity contribution is 7.16. The zero-order valence-electron chi connectivity index (χ0n) is 8.42. The van der Waals surface area contributed by atoms with Crippen molar-refractivity contribution >= 4 is 23.1 Å². The number of rotatable bonds is 3. The van der Waals surface area contributed by atoms with Gasteiger partial charge in [-0.15, -0.1) is 11.3 Å². The lowest BCUT2D eigenvalue weighted by Crippen LogP contribution is -2.03. The molecule has 14 heavy (non-hydrogen) atoms. The Morgan fingerprint density at radius 3 is 2.57 bits per heavy atom. The Morgan fingerprint density at radius 2 is 2.14 bits per heavy atom. The summed E-state index contributed by atoms with van der Waals surface area (Å²) in [6.45, 7) is 5.40. The molecule has 0 aliphatic carbocycles. The molecule has 0 aliphatic rings. The topological polar surface area (TPSA) is 43.4 Å². The molecule has 3 nitrogen and oxygen atoms in total. The molecule has 0 saturated heterocycles. The molecule has 0 fully saturated rings. The Balaban J connectivity index is 2.98. The van der Waals surface area contributed by atoms with Crippen molar-refractivity contribution in [3.05, 3.63) is 21.4 Å². The second-order valence-corrected chi connectivity index (χ2v) is 3.95. The summed E-state index contributed by atoms with van der Waals surface area (Å²) < 4.78 is 4.86. The molecule has 1 aromatic heterocycles. The molecule has 0 saturated carbocycles. The summed E-state index contributed by atoms with van der Waals surface area (Å²) in [4.78, 5) is 23.6. The third-order valence-corrected chi connectivity index (χ3v) is 3.04. The van der Waals surface area contributed by atoms with Gasteiger partial charge in [0.1, 0.15) is 4.88 Å². The predicted molar refractivity (Wildman–Crippen MR) is 55.0 cm³/mol. The third-order valence-electron chi connectivity index (χ3n) is 1.73. The van der Waals surface area contributed by atoms with E-state index in [9.17, 15) is 9.59 Å². The third kappa shape index (κ3) is 2.20. The summed E-state index contributed by atoms with van der Waals surface area (Å²) in [6, 6.07) is 1.72. The molecule has 0 N–H and O–H groups in total. The zero-order chi connectivity index (χ0) is 10.7. The smallest absolute Gasteiger partial charge is 0.348 e. The Labute approximate surface area is 86.7 Å². The lowest BCUT2D eigenvalue weighted by Gasteiger charge is -1.98. The van der Waals surface area contributed by atoms with E-state index in [1.807, 2.05) is 0 Å². The number of carbonyl (C=O) groups excluding carboxylic acids is 2. The van der Waals surface area contributed by atoms with Crippen LogP contribution in [-0.2, 0) is 4.74 Å². The number of esters is 1. The van der Waals surface area contributed by atoms with E-state index in [0.29, 0.717) is 16.4 Å². The van der Waals surface area contributed by atoms with E-state index >= 15 is 0 Å². The van der Waals surface area contributed by atoms with Crippen molar-refractivity contribution < 1.29 is 14.3 Å². The average molecular weight is 212 g/mol. The van der Waals surface area contributed by atoms with Crippen LogP contribution in [0.5, 0.6) is 0 Å². The van der Waals surface area contributed by atoms with Crippen molar-refractivity contribution in [2.24, 2.45) is 0 Å². The summed E-state index contributed by atoms with van der Waals surface area (Å²) in [5.41, 5.74) is 0.804. The highest BCUT2D eigenvalue weighted by Gasteiger charge is 2.15. The average Bonchev–Trinajstić information content (AvgIpc) is 2.48. The van der Waals surface area contributed by atoms with Crippen LogP contribution in [0, 0.1) is 6.92 Å². The van der Waals surface area contributed by atoms with Gasteiger partial charge in [0.05, 0.1) is 11.5 Å². The number of aryl methyl sites for hydroxylation is 1. The minimum atomic E-state index is -0.345. The minimum absolute atomic E-state index is 0.0198. The van der Waals surface area contributed by atoms with Gasteiger partial charge in [-0.1, -0.05) is 0 Å².